The summed E-state index contributed by atoms with van der Waals surface area (Å²) in [6, 6.07) is 0. The fraction of sp³-hybridized carbons (Fsp3) is 0.444. The normalized spacial score (nSPS) is 3.00. The molecule has 0 spiro atoms. The Labute approximate surface area is 94.2 Å². The molecular formula is C9H22NOTi-5. The first kappa shape index (κ1) is 39.9. The maximum absolute atomic E-state index is 8.47. The third-order valence-electron chi connectivity index (χ3n) is 0. The van der Waals surface area contributed by atoms with Gasteiger partial charge in [0.15, 0.2) is 0 Å². The van der Waals surface area contributed by atoms with Crippen LogP contribution in [0, 0.1) is 27.7 Å². The van der Waals surface area contributed by atoms with Crippen molar-refractivity contribution in [1.82, 2.24) is 0 Å². The van der Waals surface area contributed by atoms with Crippen molar-refractivity contribution in [3.05, 3.63) is 33.4 Å². The van der Waals surface area contributed by atoms with Crippen LogP contribution >= 0.6 is 0 Å². The summed E-state index contributed by atoms with van der Waals surface area (Å²) in [5.74, 6) is 0. The molecule has 0 aliphatic heterocycles. The Morgan fingerprint density at radius 3 is 0.833 bits per heavy atom. The summed E-state index contributed by atoms with van der Waals surface area (Å²) in [4.78, 5) is 8.47. The van der Waals surface area contributed by atoms with Crippen molar-refractivity contribution in [2.24, 2.45) is 0 Å². The van der Waals surface area contributed by atoms with Crippen molar-refractivity contribution in [1.29, 1.82) is 0 Å². The molecule has 0 atom stereocenters. The van der Waals surface area contributed by atoms with E-state index in [9.17, 15) is 0 Å². The first-order valence-electron chi connectivity index (χ1n) is 3.35. The molecule has 0 heterocycles. The third-order valence-corrected chi connectivity index (χ3v) is 0. The summed E-state index contributed by atoms with van der Waals surface area (Å²) in [6.45, 7) is 20.0. The molecule has 0 radical (unpaired) electrons. The Bertz CT molecular complexity index is 22.0. The van der Waals surface area contributed by atoms with Gasteiger partial charge in [-0.05, 0) is 0 Å². The van der Waals surface area contributed by atoms with E-state index in [0.717, 1.165) is 0 Å². The molecule has 1 N–H and O–H groups in total. The van der Waals surface area contributed by atoms with Crippen LogP contribution in [0.4, 0.5) is 0 Å². The molecule has 0 aromatic carbocycles. The Balaban J connectivity index is -0.00000000933. The summed E-state index contributed by atoms with van der Waals surface area (Å²) in [5, 5.41) is 0. The van der Waals surface area contributed by atoms with Gasteiger partial charge in [-0.25, -0.2) is 0 Å². The molecule has 0 aromatic heterocycles. The molecule has 1 amide bonds. The largest absolute Gasteiger partial charge is 0.671 e. The molecule has 78 valence electrons. The molecular weight excluding hydrogens is 186 g/mol. The molecule has 2 nitrogen and oxygen atoms in total. The van der Waals surface area contributed by atoms with Gasteiger partial charge in [0.2, 0.25) is 0 Å². The third kappa shape index (κ3) is 25300. The number of rotatable bonds is 0. The van der Waals surface area contributed by atoms with Crippen LogP contribution in [0.1, 0.15) is 27.7 Å². The minimum absolute atomic E-state index is 0. The maximum Gasteiger partial charge on any atom is 0.0344 e. The number of amides is 1. The van der Waals surface area contributed by atoms with Gasteiger partial charge in [0, 0.05) is 28.1 Å². The second-order valence-electron chi connectivity index (χ2n) is 0.118. The standard InChI is InChI=1S/4C2H5.CH3NO.Ti/c4*1-2;2-1-3;/h4*1H2,2H3;1H,(H2,2,3);/q4*-1;;/p-1. The van der Waals surface area contributed by atoms with Gasteiger partial charge in [0.05, 0.1) is 0 Å². The van der Waals surface area contributed by atoms with Crippen LogP contribution in [0.15, 0.2) is 0 Å². The second-order valence-corrected chi connectivity index (χ2v) is 0.118. The van der Waals surface area contributed by atoms with E-state index in [1.165, 1.54) is 0 Å². The van der Waals surface area contributed by atoms with Crippen LogP contribution in [-0.4, -0.2) is 6.41 Å². The molecule has 0 bridgehead atoms. The number of nitrogens with one attached hydrogen (secondary N) is 1. The quantitative estimate of drug-likeness (QED) is 0.341. The monoisotopic (exact) mass is 208 g/mol. The number of hydrogen-bond acceptors (Lipinski definition) is 1. The molecule has 0 aliphatic rings. The number of carbonyl (C=O) groups is 1. The van der Waals surface area contributed by atoms with Gasteiger partial charge in [-0.15, -0.1) is 0 Å². The molecule has 0 saturated carbocycles. The molecule has 0 unspecified atom stereocenters. The minimum atomic E-state index is 0. The van der Waals surface area contributed by atoms with E-state index >= 15 is 0 Å². The topological polar surface area (TPSA) is 40.9 Å². The zero-order valence-corrected chi connectivity index (χ0v) is 10.4. The smallest absolute Gasteiger partial charge is 0.0344 e. The SMILES string of the molecule is [CH2-]C.[CH2-]C.[CH2-]C.[CH2-]C.[NH-]C=O.[Ti]. The van der Waals surface area contributed by atoms with Crippen molar-refractivity contribution >= 4 is 6.41 Å². The van der Waals surface area contributed by atoms with E-state index in [0.29, 0.717) is 0 Å². The van der Waals surface area contributed by atoms with Gasteiger partial charge < -0.3 is 38.2 Å². The molecule has 0 saturated heterocycles. The molecule has 0 aliphatic carbocycles. The van der Waals surface area contributed by atoms with Crippen molar-refractivity contribution < 1.29 is 26.5 Å². The van der Waals surface area contributed by atoms with Gasteiger partial charge in [-0.3, -0.25) is 0 Å². The predicted molar refractivity (Wildman–Crippen MR) is 54.5 cm³/mol. The Kier molecular flexibility index (Phi) is 2750. The average molecular weight is 208 g/mol. The van der Waals surface area contributed by atoms with Crippen LogP contribution in [0.2, 0.25) is 0 Å². The van der Waals surface area contributed by atoms with Crippen molar-refractivity contribution in [3.8, 4) is 0 Å². The van der Waals surface area contributed by atoms with Gasteiger partial charge >= 0.3 is 0 Å². The van der Waals surface area contributed by atoms with Gasteiger partial charge in [0.1, 0.15) is 0 Å². The van der Waals surface area contributed by atoms with E-state index in [1.54, 1.807) is 27.7 Å². The Morgan fingerprint density at radius 1 is 0.833 bits per heavy atom. The molecule has 3 heteroatoms. The van der Waals surface area contributed by atoms with Crippen LogP contribution in [-0.2, 0) is 26.5 Å². The zero-order valence-electron chi connectivity index (χ0n) is 8.81. The van der Waals surface area contributed by atoms with Crippen molar-refractivity contribution in [2.45, 2.75) is 27.7 Å². The number of carbonyl (C=O) groups excluding carboxylic acids is 1. The summed E-state index contributed by atoms with van der Waals surface area (Å²) < 4.78 is 0. The van der Waals surface area contributed by atoms with E-state index in [4.69, 9.17) is 10.5 Å². The van der Waals surface area contributed by atoms with Crippen molar-refractivity contribution in [3.63, 3.8) is 0 Å². The average Bonchev–Trinajstić information content (AvgIpc) is 2.18. The minimum Gasteiger partial charge on any atom is -0.671 e. The fourth-order valence-electron chi connectivity index (χ4n) is 0. The van der Waals surface area contributed by atoms with Crippen LogP contribution < -0.4 is 0 Å². The summed E-state index contributed by atoms with van der Waals surface area (Å²) in [6.07, 6.45) is 0. The predicted octanol–water partition coefficient (Wildman–Crippen LogP) is 3.55. The van der Waals surface area contributed by atoms with E-state index in [1.807, 2.05) is 0 Å². The molecule has 12 heavy (non-hydrogen) atoms. The summed E-state index contributed by atoms with van der Waals surface area (Å²) in [5.41, 5.74) is 5.53. The molecule has 0 aromatic rings. The Hall–Kier alpha value is 0.184. The van der Waals surface area contributed by atoms with Gasteiger partial charge in [-0.1, -0.05) is 0 Å². The van der Waals surface area contributed by atoms with Crippen LogP contribution in [0.3, 0.4) is 0 Å². The Morgan fingerprint density at radius 2 is 0.833 bits per heavy atom. The first-order valence-corrected chi connectivity index (χ1v) is 3.35. The maximum atomic E-state index is 8.47. The first-order chi connectivity index (χ1) is 5.41. The molecule has 0 rings (SSSR count). The summed E-state index contributed by atoms with van der Waals surface area (Å²) in [7, 11) is 0. The van der Waals surface area contributed by atoms with Crippen LogP contribution in [0.25, 0.3) is 5.73 Å². The van der Waals surface area contributed by atoms with E-state index < -0.39 is 0 Å². The summed E-state index contributed by atoms with van der Waals surface area (Å²) >= 11 is 0. The van der Waals surface area contributed by atoms with Crippen LogP contribution in [0.5, 0.6) is 0 Å². The number of hydrogen-bond donors (Lipinski definition) is 0. The van der Waals surface area contributed by atoms with Gasteiger partial charge in [0.25, 0.3) is 0 Å². The fourth-order valence-corrected chi connectivity index (χ4v) is 0. The van der Waals surface area contributed by atoms with Gasteiger partial charge in [-0.2, -0.15) is 27.7 Å². The van der Waals surface area contributed by atoms with Crippen molar-refractivity contribution in [2.75, 3.05) is 0 Å². The zero-order chi connectivity index (χ0) is 10.7. The second kappa shape index (κ2) is 827. The van der Waals surface area contributed by atoms with E-state index in [2.05, 4.69) is 27.7 Å². The van der Waals surface area contributed by atoms with E-state index in [-0.39, 0.29) is 28.1 Å². The molecule has 0 fully saturated rings.